The number of carbonyl (C=O) groups excluding carboxylic acids is 2. The summed E-state index contributed by atoms with van der Waals surface area (Å²) in [6, 6.07) is 14.8. The van der Waals surface area contributed by atoms with Crippen LogP contribution in [0.5, 0.6) is 0 Å². The van der Waals surface area contributed by atoms with Crippen LogP contribution in [0.1, 0.15) is 29.2 Å². The number of nitrogens with zero attached hydrogens (tertiary/aromatic N) is 9. The minimum Gasteiger partial charge on any atom is -0.481 e. The van der Waals surface area contributed by atoms with E-state index in [-0.39, 0.29) is 37.7 Å². The number of rotatable bonds is 87. The topological polar surface area (TPSA) is 423 Å². The second-order valence-corrected chi connectivity index (χ2v) is 24.7. The zero-order valence-corrected chi connectivity index (χ0v) is 68.2. The average molecular weight is 1660 g/mol. The smallest absolute Gasteiger partial charge is 0.305 e. The fourth-order valence-corrected chi connectivity index (χ4v) is 9.35. The Hall–Kier alpha value is -6.27. The predicted molar refractivity (Wildman–Crippen MR) is 417 cm³/mol. The summed E-state index contributed by atoms with van der Waals surface area (Å²) in [5, 5.41) is 46.2. The van der Waals surface area contributed by atoms with Crippen LogP contribution in [0.3, 0.4) is 0 Å². The molecule has 2 aromatic heterocycles. The van der Waals surface area contributed by atoms with Crippen molar-refractivity contribution in [1.29, 1.82) is 0 Å². The number of carboxylic acids is 1. The molecular formula is C77H129N11O28. The standard InChI is InChI=1S/C77H129N11O28/c1-67-80-84-76(85-81-67)71-7-3-69(4-8-71)65-73(89)78-12-18-94-24-30-100-36-42-106-48-54-112-60-63-115-57-51-109-45-39-103-33-27-97-21-15-88(14-20-96-26-32-102-38-44-108-50-56-114-62-59-111-53-47-105-41-35-99-29-23-93-17-11-75(91)92)16-22-98-28-34-104-40-46-110-52-58-116-64-61-113-55-49-107-43-37-101-31-25-95-19-13-79-74(90)66-70-5-9-72(10-6-70)77-86-82-68(2)83-87-77/h3-10H,11-66H2,1-2H3,(H,78,89)(H,79,90)(H,91,92). The van der Waals surface area contributed by atoms with Gasteiger partial charge in [-0.15, -0.1) is 40.8 Å². The molecule has 0 aliphatic heterocycles. The van der Waals surface area contributed by atoms with Crippen molar-refractivity contribution in [2.24, 2.45) is 0 Å². The van der Waals surface area contributed by atoms with E-state index in [1.807, 2.05) is 48.5 Å². The molecule has 0 saturated carbocycles. The summed E-state index contributed by atoms with van der Waals surface area (Å²) in [7, 11) is 0. The second kappa shape index (κ2) is 77.3. The van der Waals surface area contributed by atoms with Gasteiger partial charge in [-0.25, -0.2) is 0 Å². The molecule has 660 valence electrons. The highest BCUT2D eigenvalue weighted by Gasteiger charge is 2.12. The first-order valence-corrected chi connectivity index (χ1v) is 39.8. The van der Waals surface area contributed by atoms with Crippen molar-refractivity contribution in [3.8, 4) is 22.8 Å². The lowest BCUT2D eigenvalue weighted by molar-refractivity contribution is -0.138. The number of aliphatic carboxylic acids is 1. The van der Waals surface area contributed by atoms with Crippen LogP contribution >= 0.6 is 0 Å². The summed E-state index contributed by atoms with van der Waals surface area (Å²) >= 11 is 0. The van der Waals surface area contributed by atoms with Crippen molar-refractivity contribution in [3.05, 3.63) is 71.3 Å². The molecule has 0 saturated heterocycles. The molecule has 4 aromatic rings. The number of hydrogen-bond donors (Lipinski definition) is 3. The average Bonchev–Trinajstić information content (AvgIpc) is 0.862. The normalized spacial score (nSPS) is 11.6. The minimum absolute atomic E-state index is 0.0234. The van der Waals surface area contributed by atoms with Gasteiger partial charge in [0.15, 0.2) is 11.6 Å². The second-order valence-electron chi connectivity index (χ2n) is 24.7. The Balaban J connectivity index is 0.887. The third kappa shape index (κ3) is 63.8. The number of aromatic nitrogens is 8. The monoisotopic (exact) mass is 1660 g/mol. The summed E-state index contributed by atoms with van der Waals surface area (Å²) in [4.78, 5) is 37.4. The van der Waals surface area contributed by atoms with Gasteiger partial charge in [0.25, 0.3) is 0 Å². The number of nitrogens with one attached hydrogen (secondary N) is 2. The molecule has 2 aromatic carbocycles. The summed E-state index contributed by atoms with van der Waals surface area (Å²) < 4.78 is 134. The van der Waals surface area contributed by atoms with Crippen molar-refractivity contribution >= 4 is 17.8 Å². The van der Waals surface area contributed by atoms with Crippen LogP contribution in [-0.2, 0) is 141 Å². The molecule has 39 nitrogen and oxygen atoms in total. The Morgan fingerprint density at radius 3 is 0.638 bits per heavy atom. The van der Waals surface area contributed by atoms with Crippen molar-refractivity contribution < 1.29 is 133 Å². The van der Waals surface area contributed by atoms with Gasteiger partial charge in [-0.05, 0) is 25.0 Å². The first kappa shape index (κ1) is 102. The molecule has 2 heterocycles. The maximum absolute atomic E-state index is 12.3. The Labute approximate surface area is 681 Å². The lowest BCUT2D eigenvalue weighted by Crippen LogP contribution is -2.34. The molecule has 4 rings (SSSR count). The van der Waals surface area contributed by atoms with E-state index in [1.165, 1.54) is 0 Å². The Morgan fingerprint density at radius 1 is 0.259 bits per heavy atom. The molecule has 0 fully saturated rings. The fraction of sp³-hybridized carbons (Fsp3) is 0.753. The third-order valence-corrected chi connectivity index (χ3v) is 15.4. The number of benzene rings is 2. The van der Waals surface area contributed by atoms with Gasteiger partial charge in [-0.2, -0.15) is 0 Å². The highest BCUT2D eigenvalue weighted by atomic mass is 16.6. The van der Waals surface area contributed by atoms with E-state index in [0.717, 1.165) is 22.3 Å². The van der Waals surface area contributed by atoms with E-state index in [9.17, 15) is 14.4 Å². The van der Waals surface area contributed by atoms with Gasteiger partial charge in [-0.3, -0.25) is 19.3 Å². The number of amides is 2. The molecule has 0 atom stereocenters. The van der Waals surface area contributed by atoms with Gasteiger partial charge >= 0.3 is 5.97 Å². The maximum atomic E-state index is 12.3. The van der Waals surface area contributed by atoms with Crippen LogP contribution in [-0.4, -0.2) is 418 Å². The third-order valence-electron chi connectivity index (χ3n) is 15.4. The molecule has 0 radical (unpaired) electrons. The first-order chi connectivity index (χ1) is 57.2. The zero-order chi connectivity index (χ0) is 82.2. The van der Waals surface area contributed by atoms with Crippen molar-refractivity contribution in [2.45, 2.75) is 33.1 Å². The number of carbonyl (C=O) groups is 3. The van der Waals surface area contributed by atoms with Crippen molar-refractivity contribution in [2.75, 3.05) is 350 Å². The van der Waals surface area contributed by atoms with Gasteiger partial charge in [0, 0.05) is 43.9 Å². The molecular weight excluding hydrogens is 1530 g/mol. The van der Waals surface area contributed by atoms with Gasteiger partial charge in [0.1, 0.15) is 0 Å². The van der Waals surface area contributed by atoms with E-state index in [0.29, 0.717) is 367 Å². The summed E-state index contributed by atoms with van der Waals surface area (Å²) in [6.07, 6.45) is 0.473. The largest absolute Gasteiger partial charge is 0.481 e. The number of hydrogen-bond acceptors (Lipinski definition) is 36. The predicted octanol–water partition coefficient (Wildman–Crippen LogP) is 0.990. The van der Waals surface area contributed by atoms with Crippen molar-refractivity contribution in [1.82, 2.24) is 56.3 Å². The Bertz CT molecular complexity index is 2710. The Kier molecular flexibility index (Phi) is 68.1. The summed E-state index contributed by atoms with van der Waals surface area (Å²) in [6.45, 7) is 27.0. The summed E-state index contributed by atoms with van der Waals surface area (Å²) in [5.41, 5.74) is 3.29. The van der Waals surface area contributed by atoms with Crippen LogP contribution in [0.2, 0.25) is 0 Å². The van der Waals surface area contributed by atoms with Crippen molar-refractivity contribution in [3.63, 3.8) is 0 Å². The van der Waals surface area contributed by atoms with E-state index in [2.05, 4.69) is 56.3 Å². The SMILES string of the molecule is Cc1nnc(-c2ccc(CC(=O)NCCOCCOCCOCCOCCOCCOCCOCCOCCN(CCOCCOCCOCCOCCOCCOCCOCCOCCNC(=O)Cc3ccc(-c4nnc(C)nn4)cc3)CCOCCOCCOCCOCCOCCOCCOCCOCCC(=O)O)cc2)nn1. The van der Waals surface area contributed by atoms with Crippen LogP contribution in [0.25, 0.3) is 22.8 Å². The van der Waals surface area contributed by atoms with Crippen LogP contribution in [0.4, 0.5) is 0 Å². The summed E-state index contributed by atoms with van der Waals surface area (Å²) in [5.74, 6) is 0.782. The number of ether oxygens (including phenoxy) is 24. The zero-order valence-electron chi connectivity index (χ0n) is 68.2. The van der Waals surface area contributed by atoms with Gasteiger partial charge in [-0.1, -0.05) is 48.5 Å². The van der Waals surface area contributed by atoms with Crippen LogP contribution in [0.15, 0.2) is 48.5 Å². The lowest BCUT2D eigenvalue weighted by Gasteiger charge is -2.22. The minimum atomic E-state index is -0.889. The van der Waals surface area contributed by atoms with Crippen LogP contribution in [0, 0.1) is 13.8 Å². The molecule has 0 aliphatic rings. The Morgan fingerprint density at radius 2 is 0.440 bits per heavy atom. The van der Waals surface area contributed by atoms with Gasteiger partial charge in [0.05, 0.1) is 336 Å². The van der Waals surface area contributed by atoms with Gasteiger partial charge in [0.2, 0.25) is 23.5 Å². The first-order valence-electron chi connectivity index (χ1n) is 39.8. The molecule has 0 spiro atoms. The molecule has 0 bridgehead atoms. The van der Waals surface area contributed by atoms with E-state index in [1.54, 1.807) is 13.8 Å². The molecule has 39 heteroatoms. The molecule has 0 aliphatic carbocycles. The van der Waals surface area contributed by atoms with Gasteiger partial charge < -0.3 is 129 Å². The van der Waals surface area contributed by atoms with E-state index >= 15 is 0 Å². The molecule has 116 heavy (non-hydrogen) atoms. The number of aryl methyl sites for hydroxylation is 2. The molecule has 2 amide bonds. The van der Waals surface area contributed by atoms with E-state index in [4.69, 9.17) is 119 Å². The highest BCUT2D eigenvalue weighted by Crippen LogP contribution is 2.16. The quantitative estimate of drug-likeness (QED) is 0.0519. The molecule has 3 N–H and O–H groups in total. The fourth-order valence-electron chi connectivity index (χ4n) is 9.35. The maximum Gasteiger partial charge on any atom is 0.305 e. The highest BCUT2D eigenvalue weighted by molar-refractivity contribution is 5.79. The van der Waals surface area contributed by atoms with E-state index < -0.39 is 5.97 Å². The van der Waals surface area contributed by atoms with Crippen LogP contribution < -0.4 is 10.6 Å². The number of carboxylic acid groups (broad SMARTS) is 1. The lowest BCUT2D eigenvalue weighted by atomic mass is 10.1. The molecule has 0 unspecified atom stereocenters.